The smallest absolute Gasteiger partial charge is 0.251 e. The number of nitrogens with one attached hydrogen (secondary N) is 1. The number of aryl methyl sites for hydroxylation is 1. The van der Waals surface area contributed by atoms with Crippen LogP contribution < -0.4 is 5.32 Å². The number of rotatable bonds is 5. The molecule has 4 aromatic rings. The number of carbonyl (C=O) groups is 1. The summed E-state index contributed by atoms with van der Waals surface area (Å²) < 4.78 is 21.0. The zero-order chi connectivity index (χ0) is 19.7. The van der Waals surface area contributed by atoms with E-state index in [1.54, 1.807) is 24.5 Å². The van der Waals surface area contributed by atoms with Gasteiger partial charge in [-0.1, -0.05) is 12.1 Å². The molecule has 2 aromatic heterocycles. The van der Waals surface area contributed by atoms with Gasteiger partial charge in [-0.3, -0.25) is 4.79 Å². The lowest BCUT2D eigenvalue weighted by atomic mass is 10.1. The highest BCUT2D eigenvalue weighted by molar-refractivity contribution is 5.99. The molecule has 0 radical (unpaired) electrons. The third-order valence-electron chi connectivity index (χ3n) is 5.13. The number of aromatic nitrogens is 1. The Morgan fingerprint density at radius 3 is 2.71 bits per heavy atom. The van der Waals surface area contributed by atoms with Gasteiger partial charge in [-0.25, -0.2) is 4.39 Å². The fourth-order valence-corrected chi connectivity index (χ4v) is 3.50. The monoisotopic (exact) mass is 376 g/mol. The highest BCUT2D eigenvalue weighted by Crippen LogP contribution is 2.27. The van der Waals surface area contributed by atoms with Gasteiger partial charge in [-0.15, -0.1) is 0 Å². The molecule has 0 fully saturated rings. The van der Waals surface area contributed by atoms with Crippen LogP contribution in [0.2, 0.25) is 0 Å². The minimum Gasteiger partial charge on any atom is -0.467 e. The second kappa shape index (κ2) is 7.35. The first-order valence-corrected chi connectivity index (χ1v) is 9.17. The number of benzene rings is 2. The zero-order valence-electron chi connectivity index (χ0n) is 15.8. The number of halogens is 1. The molecule has 0 aliphatic heterocycles. The summed E-state index contributed by atoms with van der Waals surface area (Å²) in [6, 6.07) is 15.9. The van der Waals surface area contributed by atoms with Crippen LogP contribution in [0.3, 0.4) is 0 Å². The van der Waals surface area contributed by atoms with Gasteiger partial charge in [0.05, 0.1) is 12.8 Å². The number of hydrogen-bond acceptors (Lipinski definition) is 2. The molecule has 0 unspecified atom stereocenters. The fraction of sp³-hybridized carbons (Fsp3) is 0.174. The molecule has 2 heterocycles. The third-order valence-corrected chi connectivity index (χ3v) is 5.13. The first-order chi connectivity index (χ1) is 13.5. The van der Waals surface area contributed by atoms with Crippen molar-refractivity contribution in [1.82, 2.24) is 9.88 Å². The van der Waals surface area contributed by atoms with Gasteiger partial charge in [-0.05, 0) is 67.4 Å². The Kier molecular flexibility index (Phi) is 4.74. The summed E-state index contributed by atoms with van der Waals surface area (Å²) >= 11 is 0. The second-order valence-corrected chi connectivity index (χ2v) is 6.92. The molecule has 0 saturated heterocycles. The van der Waals surface area contributed by atoms with Crippen molar-refractivity contribution >= 4 is 16.8 Å². The summed E-state index contributed by atoms with van der Waals surface area (Å²) in [6.45, 7) is 5.02. The maximum Gasteiger partial charge on any atom is 0.251 e. The number of fused-ring (bicyclic) bond motifs is 1. The Morgan fingerprint density at radius 1 is 1.11 bits per heavy atom. The van der Waals surface area contributed by atoms with Gasteiger partial charge >= 0.3 is 0 Å². The minimum atomic E-state index is -0.237. The first-order valence-electron chi connectivity index (χ1n) is 9.17. The van der Waals surface area contributed by atoms with Crippen molar-refractivity contribution < 1.29 is 13.6 Å². The Bertz CT molecular complexity index is 1140. The van der Waals surface area contributed by atoms with Gasteiger partial charge in [0.25, 0.3) is 5.91 Å². The van der Waals surface area contributed by atoms with Crippen molar-refractivity contribution in [1.29, 1.82) is 0 Å². The maximum absolute atomic E-state index is 13.5. The van der Waals surface area contributed by atoms with Crippen LogP contribution in [0.1, 0.15) is 32.9 Å². The van der Waals surface area contributed by atoms with Crippen LogP contribution in [0.15, 0.2) is 65.3 Å². The van der Waals surface area contributed by atoms with E-state index in [2.05, 4.69) is 9.88 Å². The number of amides is 1. The van der Waals surface area contributed by atoms with Crippen LogP contribution >= 0.6 is 0 Å². The molecule has 0 atom stereocenters. The molecular weight excluding hydrogens is 355 g/mol. The largest absolute Gasteiger partial charge is 0.467 e. The van der Waals surface area contributed by atoms with Gasteiger partial charge in [-0.2, -0.15) is 0 Å². The van der Waals surface area contributed by atoms with E-state index in [0.717, 1.165) is 27.7 Å². The predicted octanol–water partition coefficient (Wildman–Crippen LogP) is 4.97. The van der Waals surface area contributed by atoms with Crippen LogP contribution in [0, 0.1) is 19.7 Å². The van der Waals surface area contributed by atoms with Gasteiger partial charge < -0.3 is 14.3 Å². The fourth-order valence-electron chi connectivity index (χ4n) is 3.50. The molecule has 1 amide bonds. The second-order valence-electron chi connectivity index (χ2n) is 6.92. The summed E-state index contributed by atoms with van der Waals surface area (Å²) in [4.78, 5) is 12.5. The van der Waals surface area contributed by atoms with Crippen LogP contribution in [0.25, 0.3) is 10.9 Å². The molecule has 142 valence electrons. The lowest BCUT2D eigenvalue weighted by Gasteiger charge is -2.09. The number of carbonyl (C=O) groups excluding carboxylic acids is 1. The number of furan rings is 1. The molecule has 1 N–H and O–H groups in total. The molecule has 0 aliphatic carbocycles. The van der Waals surface area contributed by atoms with E-state index >= 15 is 0 Å². The van der Waals surface area contributed by atoms with E-state index < -0.39 is 0 Å². The van der Waals surface area contributed by atoms with Gasteiger partial charge in [0, 0.05) is 28.7 Å². The van der Waals surface area contributed by atoms with Crippen molar-refractivity contribution in [2.45, 2.75) is 26.9 Å². The Balaban J connectivity index is 1.63. The minimum absolute atomic E-state index is 0.145. The SMILES string of the molecule is Cc1c(C)n(Cc2cccc(F)c2)c2ccc(C(=O)NCc3ccco3)cc12. The van der Waals surface area contributed by atoms with E-state index in [1.165, 1.54) is 6.07 Å². The highest BCUT2D eigenvalue weighted by atomic mass is 19.1. The van der Waals surface area contributed by atoms with Gasteiger partial charge in [0.1, 0.15) is 11.6 Å². The average molecular weight is 376 g/mol. The molecule has 4 nitrogen and oxygen atoms in total. The van der Waals surface area contributed by atoms with Crippen LogP contribution in [0.5, 0.6) is 0 Å². The standard InChI is InChI=1S/C23H21FN2O2/c1-15-16(2)26(14-17-5-3-6-19(24)11-17)22-9-8-18(12-21(15)22)23(27)25-13-20-7-4-10-28-20/h3-12H,13-14H2,1-2H3,(H,25,27). The zero-order valence-corrected chi connectivity index (χ0v) is 15.8. The maximum atomic E-state index is 13.5. The van der Waals surface area contributed by atoms with Crippen LogP contribution in [-0.2, 0) is 13.1 Å². The number of hydrogen-bond donors (Lipinski definition) is 1. The molecule has 4 rings (SSSR count). The molecular formula is C23H21FN2O2. The molecule has 5 heteroatoms. The summed E-state index contributed by atoms with van der Waals surface area (Å²) in [5, 5.41) is 3.90. The van der Waals surface area contributed by atoms with E-state index in [9.17, 15) is 9.18 Å². The van der Waals surface area contributed by atoms with Crippen molar-refractivity contribution in [3.05, 3.63) is 94.8 Å². The Morgan fingerprint density at radius 2 is 1.96 bits per heavy atom. The molecule has 2 aromatic carbocycles. The van der Waals surface area contributed by atoms with Crippen molar-refractivity contribution in [3.63, 3.8) is 0 Å². The van der Waals surface area contributed by atoms with Crippen LogP contribution in [-0.4, -0.2) is 10.5 Å². The Hall–Kier alpha value is -3.34. The van der Waals surface area contributed by atoms with E-state index in [1.807, 2.05) is 44.2 Å². The summed E-state index contributed by atoms with van der Waals surface area (Å²) in [5.74, 6) is 0.329. The van der Waals surface area contributed by atoms with Crippen molar-refractivity contribution in [3.8, 4) is 0 Å². The van der Waals surface area contributed by atoms with Gasteiger partial charge in [0.2, 0.25) is 0 Å². The van der Waals surface area contributed by atoms with Gasteiger partial charge in [0.15, 0.2) is 0 Å². The van der Waals surface area contributed by atoms with E-state index in [4.69, 9.17) is 4.42 Å². The topological polar surface area (TPSA) is 47.2 Å². The quantitative estimate of drug-likeness (QED) is 0.535. The highest BCUT2D eigenvalue weighted by Gasteiger charge is 2.14. The molecule has 0 aliphatic rings. The molecule has 28 heavy (non-hydrogen) atoms. The predicted molar refractivity (Wildman–Crippen MR) is 107 cm³/mol. The normalized spacial score (nSPS) is 11.1. The molecule has 0 saturated carbocycles. The number of nitrogens with zero attached hydrogens (tertiary/aromatic N) is 1. The first kappa shape index (κ1) is 18.0. The van der Waals surface area contributed by atoms with E-state index in [0.29, 0.717) is 24.4 Å². The lowest BCUT2D eigenvalue weighted by molar-refractivity contribution is 0.0948. The lowest BCUT2D eigenvalue weighted by Crippen LogP contribution is -2.22. The molecule has 0 spiro atoms. The summed E-state index contributed by atoms with van der Waals surface area (Å²) in [5.41, 5.74) is 4.76. The third kappa shape index (κ3) is 3.43. The van der Waals surface area contributed by atoms with Crippen LogP contribution in [0.4, 0.5) is 4.39 Å². The molecule has 0 bridgehead atoms. The van der Waals surface area contributed by atoms with E-state index in [-0.39, 0.29) is 11.7 Å². The average Bonchev–Trinajstić information content (AvgIpc) is 3.29. The Labute approximate surface area is 162 Å². The summed E-state index contributed by atoms with van der Waals surface area (Å²) in [7, 11) is 0. The van der Waals surface area contributed by atoms with Crippen molar-refractivity contribution in [2.24, 2.45) is 0 Å². The van der Waals surface area contributed by atoms with Crippen molar-refractivity contribution in [2.75, 3.05) is 0 Å². The summed E-state index contributed by atoms with van der Waals surface area (Å²) in [6.07, 6.45) is 1.58.